The molecule has 1 aromatic heterocycles. The van der Waals surface area contributed by atoms with Crippen molar-refractivity contribution in [2.24, 2.45) is 0 Å². The largest absolute Gasteiger partial charge is 0.351 e. The molecule has 1 atom stereocenters. The number of benzene rings is 3. The van der Waals surface area contributed by atoms with Gasteiger partial charge in [-0.1, -0.05) is 72.3 Å². The number of rotatable bonds is 4. The van der Waals surface area contributed by atoms with Gasteiger partial charge < -0.3 is 4.90 Å². The third-order valence-electron chi connectivity index (χ3n) is 5.78. The minimum absolute atomic E-state index is 0.197. The van der Waals surface area contributed by atoms with Crippen LogP contribution in [0.4, 0.5) is 5.82 Å². The fraction of sp³-hybridized carbons (Fsp3) is 0.231. The summed E-state index contributed by atoms with van der Waals surface area (Å²) in [4.78, 5) is 2.21. The maximum Gasteiger partial charge on any atom is 0.159 e. The quantitative estimate of drug-likeness (QED) is 0.408. The summed E-state index contributed by atoms with van der Waals surface area (Å²) in [6, 6.07) is 23.6. The van der Waals surface area contributed by atoms with Crippen LogP contribution in [0.2, 0.25) is 0 Å². The molecule has 4 aromatic rings. The number of aryl methyl sites for hydroxylation is 3. The molecular formula is C26H27N3. The standard InChI is InChI=1S/C26H27N3/c1-17-15-18(2)24(19(3)16-17)25-22-13-9-10-14-23(22)26(28-27-25)29(5)20(4)21-11-7-6-8-12-21/h6-16,20H,1-5H3. The summed E-state index contributed by atoms with van der Waals surface area (Å²) in [5.41, 5.74) is 7.15. The van der Waals surface area contributed by atoms with Crippen molar-refractivity contribution in [1.82, 2.24) is 10.2 Å². The fourth-order valence-corrected chi connectivity index (χ4v) is 4.23. The molecule has 1 heterocycles. The number of nitrogens with zero attached hydrogens (tertiary/aromatic N) is 3. The molecule has 29 heavy (non-hydrogen) atoms. The Morgan fingerprint density at radius 2 is 1.34 bits per heavy atom. The third kappa shape index (κ3) is 3.49. The Morgan fingerprint density at radius 3 is 2.00 bits per heavy atom. The van der Waals surface area contributed by atoms with Crippen molar-refractivity contribution in [1.29, 1.82) is 0 Å². The molecule has 0 fully saturated rings. The summed E-state index contributed by atoms with van der Waals surface area (Å²) < 4.78 is 0. The molecule has 0 radical (unpaired) electrons. The zero-order valence-corrected chi connectivity index (χ0v) is 17.8. The smallest absolute Gasteiger partial charge is 0.159 e. The third-order valence-corrected chi connectivity index (χ3v) is 5.78. The van der Waals surface area contributed by atoms with Crippen molar-refractivity contribution < 1.29 is 0 Å². The maximum atomic E-state index is 4.73. The molecule has 0 amide bonds. The van der Waals surface area contributed by atoms with Gasteiger partial charge in [-0.3, -0.25) is 0 Å². The number of aromatic nitrogens is 2. The highest BCUT2D eigenvalue weighted by atomic mass is 15.3. The lowest BCUT2D eigenvalue weighted by Gasteiger charge is -2.27. The minimum atomic E-state index is 0.197. The molecule has 0 N–H and O–H groups in total. The molecular weight excluding hydrogens is 354 g/mol. The first-order valence-corrected chi connectivity index (χ1v) is 10.1. The highest BCUT2D eigenvalue weighted by molar-refractivity contribution is 6.01. The van der Waals surface area contributed by atoms with Crippen LogP contribution in [0.1, 0.15) is 35.2 Å². The molecule has 0 saturated heterocycles. The van der Waals surface area contributed by atoms with E-state index in [1.54, 1.807) is 0 Å². The van der Waals surface area contributed by atoms with Gasteiger partial charge in [-0.25, -0.2) is 0 Å². The van der Waals surface area contributed by atoms with Gasteiger partial charge in [0.1, 0.15) is 5.69 Å². The molecule has 0 aliphatic carbocycles. The summed E-state index contributed by atoms with van der Waals surface area (Å²) in [5, 5.41) is 11.7. The average Bonchev–Trinajstić information content (AvgIpc) is 2.72. The van der Waals surface area contributed by atoms with Gasteiger partial charge in [0.15, 0.2) is 5.82 Å². The van der Waals surface area contributed by atoms with Crippen LogP contribution in [-0.2, 0) is 0 Å². The van der Waals surface area contributed by atoms with Crippen LogP contribution in [-0.4, -0.2) is 17.2 Å². The van der Waals surface area contributed by atoms with Gasteiger partial charge in [0.25, 0.3) is 0 Å². The van der Waals surface area contributed by atoms with Crippen molar-refractivity contribution in [3.05, 3.63) is 89.0 Å². The fourth-order valence-electron chi connectivity index (χ4n) is 4.23. The van der Waals surface area contributed by atoms with E-state index in [-0.39, 0.29) is 6.04 Å². The Bertz CT molecular complexity index is 1140. The van der Waals surface area contributed by atoms with Crippen LogP contribution in [0.5, 0.6) is 0 Å². The van der Waals surface area contributed by atoms with Crippen molar-refractivity contribution in [3.63, 3.8) is 0 Å². The molecule has 1 unspecified atom stereocenters. The van der Waals surface area contributed by atoms with Crippen LogP contribution in [0.3, 0.4) is 0 Å². The van der Waals surface area contributed by atoms with E-state index in [1.165, 1.54) is 27.8 Å². The Hall–Kier alpha value is -3.20. The summed E-state index contributed by atoms with van der Waals surface area (Å²) in [6.07, 6.45) is 0. The van der Waals surface area contributed by atoms with E-state index in [9.17, 15) is 0 Å². The van der Waals surface area contributed by atoms with Gasteiger partial charge >= 0.3 is 0 Å². The molecule has 0 aliphatic rings. The lowest BCUT2D eigenvalue weighted by atomic mass is 9.94. The van der Waals surface area contributed by atoms with Gasteiger partial charge in [0.05, 0.1) is 6.04 Å². The summed E-state index contributed by atoms with van der Waals surface area (Å²) >= 11 is 0. The monoisotopic (exact) mass is 381 g/mol. The Kier molecular flexibility index (Phi) is 5.06. The van der Waals surface area contributed by atoms with E-state index in [2.05, 4.69) is 100 Å². The predicted octanol–water partition coefficient (Wildman–Crippen LogP) is 6.42. The molecule has 0 spiro atoms. The SMILES string of the molecule is Cc1cc(C)c(-c2nnc(N(C)C(C)c3ccccc3)c3ccccc23)c(C)c1. The molecule has 146 valence electrons. The molecule has 0 saturated carbocycles. The van der Waals surface area contributed by atoms with Crippen LogP contribution >= 0.6 is 0 Å². The molecule has 0 aliphatic heterocycles. The number of fused-ring (bicyclic) bond motifs is 1. The van der Waals surface area contributed by atoms with E-state index in [0.717, 1.165) is 22.3 Å². The number of hydrogen-bond acceptors (Lipinski definition) is 3. The van der Waals surface area contributed by atoms with Crippen LogP contribution in [0.15, 0.2) is 66.7 Å². The van der Waals surface area contributed by atoms with Crippen LogP contribution in [0, 0.1) is 20.8 Å². The lowest BCUT2D eigenvalue weighted by Crippen LogP contribution is -2.23. The highest BCUT2D eigenvalue weighted by Crippen LogP contribution is 2.36. The summed E-state index contributed by atoms with van der Waals surface area (Å²) in [7, 11) is 2.09. The Balaban J connectivity index is 1.87. The van der Waals surface area contributed by atoms with Gasteiger partial charge in [-0.15, -0.1) is 10.2 Å². The van der Waals surface area contributed by atoms with Crippen LogP contribution in [0.25, 0.3) is 22.0 Å². The average molecular weight is 382 g/mol. The first-order chi connectivity index (χ1) is 14.0. The number of hydrogen-bond donors (Lipinski definition) is 0. The van der Waals surface area contributed by atoms with E-state index in [4.69, 9.17) is 10.2 Å². The topological polar surface area (TPSA) is 29.0 Å². The highest BCUT2D eigenvalue weighted by Gasteiger charge is 2.20. The maximum absolute atomic E-state index is 4.73. The zero-order valence-electron chi connectivity index (χ0n) is 17.8. The second-order valence-corrected chi connectivity index (χ2v) is 7.89. The first kappa shape index (κ1) is 19.1. The Labute approximate surface area is 173 Å². The zero-order chi connectivity index (χ0) is 20.5. The van der Waals surface area contributed by atoms with E-state index >= 15 is 0 Å². The minimum Gasteiger partial charge on any atom is -0.351 e. The van der Waals surface area contributed by atoms with E-state index in [0.29, 0.717) is 0 Å². The van der Waals surface area contributed by atoms with Crippen LogP contribution < -0.4 is 4.90 Å². The molecule has 3 nitrogen and oxygen atoms in total. The summed E-state index contributed by atoms with van der Waals surface area (Å²) in [5.74, 6) is 0.906. The molecule has 3 heteroatoms. The normalized spacial score (nSPS) is 12.2. The van der Waals surface area contributed by atoms with Crippen molar-refractivity contribution >= 4 is 16.6 Å². The first-order valence-electron chi connectivity index (χ1n) is 10.1. The van der Waals surface area contributed by atoms with Crippen molar-refractivity contribution in [2.75, 3.05) is 11.9 Å². The second kappa shape index (κ2) is 7.67. The predicted molar refractivity (Wildman–Crippen MR) is 122 cm³/mol. The van der Waals surface area contributed by atoms with E-state index < -0.39 is 0 Å². The molecule has 0 bridgehead atoms. The van der Waals surface area contributed by atoms with Gasteiger partial charge in [0.2, 0.25) is 0 Å². The molecule has 4 rings (SSSR count). The van der Waals surface area contributed by atoms with E-state index in [1.807, 2.05) is 6.07 Å². The van der Waals surface area contributed by atoms with Crippen molar-refractivity contribution in [2.45, 2.75) is 33.7 Å². The Morgan fingerprint density at radius 1 is 0.759 bits per heavy atom. The summed E-state index contributed by atoms with van der Waals surface area (Å²) in [6.45, 7) is 8.65. The van der Waals surface area contributed by atoms with Gasteiger partial charge in [-0.05, 0) is 44.4 Å². The van der Waals surface area contributed by atoms with Crippen molar-refractivity contribution in [3.8, 4) is 11.3 Å². The van der Waals surface area contributed by atoms with Gasteiger partial charge in [-0.2, -0.15) is 0 Å². The second-order valence-electron chi connectivity index (χ2n) is 7.89. The number of anilines is 1. The lowest BCUT2D eigenvalue weighted by molar-refractivity contribution is 0.725. The molecule has 3 aromatic carbocycles. The van der Waals surface area contributed by atoms with Gasteiger partial charge in [0, 0.05) is 23.4 Å².